The minimum Gasteiger partial charge on any atom is -0.356 e. The molecule has 0 atom stereocenters. The summed E-state index contributed by atoms with van der Waals surface area (Å²) in [6.45, 7) is 5.80. The Bertz CT molecular complexity index is 312. The standard InChI is InChI=1S/C12H21N3OS/c1-10(2)13-6-3-4-11(16)14-7-5-12-15-8-9-17-12/h8-10,13H,3-7H2,1-2H3,(H,14,16). The molecule has 4 nitrogen and oxygen atoms in total. The second-order valence-electron chi connectivity index (χ2n) is 4.24. The van der Waals surface area contributed by atoms with Crippen LogP contribution < -0.4 is 10.6 Å². The molecule has 2 N–H and O–H groups in total. The first-order valence-electron chi connectivity index (χ1n) is 6.07. The fraction of sp³-hybridized carbons (Fsp3) is 0.667. The Hall–Kier alpha value is -0.940. The highest BCUT2D eigenvalue weighted by Crippen LogP contribution is 2.03. The number of nitrogens with one attached hydrogen (secondary N) is 2. The highest BCUT2D eigenvalue weighted by Gasteiger charge is 2.01. The van der Waals surface area contributed by atoms with Gasteiger partial charge in [0.05, 0.1) is 5.01 Å². The topological polar surface area (TPSA) is 54.0 Å². The van der Waals surface area contributed by atoms with Crippen molar-refractivity contribution in [2.75, 3.05) is 13.1 Å². The maximum Gasteiger partial charge on any atom is 0.220 e. The zero-order valence-corrected chi connectivity index (χ0v) is 11.3. The highest BCUT2D eigenvalue weighted by atomic mass is 32.1. The van der Waals surface area contributed by atoms with Gasteiger partial charge in [0.15, 0.2) is 0 Å². The fourth-order valence-corrected chi connectivity index (χ4v) is 2.03. The van der Waals surface area contributed by atoms with Crippen LogP contribution in [0.5, 0.6) is 0 Å². The summed E-state index contributed by atoms with van der Waals surface area (Å²) in [7, 11) is 0. The molecule has 0 aromatic carbocycles. The first-order valence-corrected chi connectivity index (χ1v) is 6.95. The minimum atomic E-state index is 0.132. The molecule has 1 heterocycles. The third-order valence-corrected chi connectivity index (χ3v) is 3.12. The molecule has 1 amide bonds. The van der Waals surface area contributed by atoms with Gasteiger partial charge in [0, 0.05) is 37.0 Å². The number of nitrogens with zero attached hydrogens (tertiary/aromatic N) is 1. The predicted octanol–water partition coefficient (Wildman–Crippen LogP) is 1.58. The third-order valence-electron chi connectivity index (χ3n) is 2.28. The van der Waals surface area contributed by atoms with Gasteiger partial charge in [-0.05, 0) is 13.0 Å². The summed E-state index contributed by atoms with van der Waals surface area (Å²) >= 11 is 1.63. The lowest BCUT2D eigenvalue weighted by molar-refractivity contribution is -0.121. The molecule has 0 saturated carbocycles. The number of hydrogen-bond acceptors (Lipinski definition) is 4. The second kappa shape index (κ2) is 8.20. The number of carbonyl (C=O) groups is 1. The number of carbonyl (C=O) groups excluding carboxylic acids is 1. The molecule has 1 aromatic heterocycles. The summed E-state index contributed by atoms with van der Waals surface area (Å²) in [5.41, 5.74) is 0. The van der Waals surface area contributed by atoms with E-state index in [-0.39, 0.29) is 5.91 Å². The van der Waals surface area contributed by atoms with Crippen molar-refractivity contribution in [3.8, 4) is 0 Å². The molecule has 0 bridgehead atoms. The van der Waals surface area contributed by atoms with Crippen LogP contribution in [-0.4, -0.2) is 30.0 Å². The smallest absolute Gasteiger partial charge is 0.220 e. The lowest BCUT2D eigenvalue weighted by Crippen LogP contribution is -2.28. The Balaban J connectivity index is 1.98. The van der Waals surface area contributed by atoms with Crippen LogP contribution >= 0.6 is 11.3 Å². The van der Waals surface area contributed by atoms with Crippen molar-refractivity contribution in [2.24, 2.45) is 0 Å². The molecule has 1 rings (SSSR count). The maximum absolute atomic E-state index is 11.5. The van der Waals surface area contributed by atoms with E-state index < -0.39 is 0 Å². The van der Waals surface area contributed by atoms with E-state index in [9.17, 15) is 4.79 Å². The lowest BCUT2D eigenvalue weighted by Gasteiger charge is -2.07. The highest BCUT2D eigenvalue weighted by molar-refractivity contribution is 7.09. The summed E-state index contributed by atoms with van der Waals surface area (Å²) < 4.78 is 0. The average Bonchev–Trinajstić information content (AvgIpc) is 2.77. The van der Waals surface area contributed by atoms with Crippen molar-refractivity contribution in [1.82, 2.24) is 15.6 Å². The van der Waals surface area contributed by atoms with Crippen molar-refractivity contribution in [2.45, 2.75) is 39.2 Å². The zero-order chi connectivity index (χ0) is 12.5. The van der Waals surface area contributed by atoms with Gasteiger partial charge in [-0.2, -0.15) is 0 Å². The summed E-state index contributed by atoms with van der Waals surface area (Å²) in [4.78, 5) is 15.6. The first-order chi connectivity index (χ1) is 8.18. The zero-order valence-electron chi connectivity index (χ0n) is 10.5. The van der Waals surface area contributed by atoms with Crippen molar-refractivity contribution in [1.29, 1.82) is 0 Å². The Kier molecular flexibility index (Phi) is 6.81. The molecule has 0 fully saturated rings. The van der Waals surface area contributed by atoms with Crippen molar-refractivity contribution < 1.29 is 4.79 Å². The SMILES string of the molecule is CC(C)NCCCC(=O)NCCc1nccs1. The molecule has 0 radical (unpaired) electrons. The number of amides is 1. The van der Waals surface area contributed by atoms with Crippen LogP contribution in [0, 0.1) is 0 Å². The van der Waals surface area contributed by atoms with Crippen LogP contribution in [0.25, 0.3) is 0 Å². The normalized spacial score (nSPS) is 10.8. The third kappa shape index (κ3) is 7.07. The van der Waals surface area contributed by atoms with Crippen LogP contribution in [0.3, 0.4) is 0 Å². The molecule has 96 valence electrons. The summed E-state index contributed by atoms with van der Waals surface area (Å²) in [5.74, 6) is 0.132. The van der Waals surface area contributed by atoms with E-state index in [0.29, 0.717) is 19.0 Å². The van der Waals surface area contributed by atoms with Gasteiger partial charge in [0.2, 0.25) is 5.91 Å². The minimum absolute atomic E-state index is 0.132. The number of rotatable bonds is 8. The van der Waals surface area contributed by atoms with E-state index >= 15 is 0 Å². The van der Waals surface area contributed by atoms with Gasteiger partial charge in [0.1, 0.15) is 0 Å². The van der Waals surface area contributed by atoms with Crippen LogP contribution in [0.4, 0.5) is 0 Å². The van der Waals surface area contributed by atoms with Gasteiger partial charge in [-0.25, -0.2) is 4.98 Å². The Morgan fingerprint density at radius 3 is 2.94 bits per heavy atom. The van der Waals surface area contributed by atoms with Crippen LogP contribution in [0.2, 0.25) is 0 Å². The Labute approximate surface area is 107 Å². The molecular formula is C12H21N3OS. The van der Waals surface area contributed by atoms with Crippen molar-refractivity contribution in [3.63, 3.8) is 0 Å². The van der Waals surface area contributed by atoms with Gasteiger partial charge >= 0.3 is 0 Å². The van der Waals surface area contributed by atoms with Crippen LogP contribution in [0.1, 0.15) is 31.7 Å². The molecule has 17 heavy (non-hydrogen) atoms. The van der Waals surface area contributed by atoms with E-state index in [1.54, 1.807) is 17.5 Å². The summed E-state index contributed by atoms with van der Waals surface area (Å²) in [6.07, 6.45) is 4.10. The van der Waals surface area contributed by atoms with E-state index in [1.807, 2.05) is 5.38 Å². The molecule has 0 aliphatic carbocycles. The Morgan fingerprint density at radius 2 is 2.29 bits per heavy atom. The molecule has 1 aromatic rings. The number of thiazole rings is 1. The second-order valence-corrected chi connectivity index (χ2v) is 5.22. The average molecular weight is 255 g/mol. The van der Waals surface area contributed by atoms with Crippen molar-refractivity contribution in [3.05, 3.63) is 16.6 Å². The molecule has 5 heteroatoms. The molecule has 0 unspecified atom stereocenters. The fourth-order valence-electron chi connectivity index (χ4n) is 1.41. The lowest BCUT2D eigenvalue weighted by atomic mass is 10.2. The molecule has 0 saturated heterocycles. The number of aromatic nitrogens is 1. The summed E-state index contributed by atoms with van der Waals surface area (Å²) in [5, 5.41) is 9.23. The molecule has 0 aliphatic rings. The predicted molar refractivity (Wildman–Crippen MR) is 71.2 cm³/mol. The van der Waals surface area contributed by atoms with Crippen LogP contribution in [-0.2, 0) is 11.2 Å². The van der Waals surface area contributed by atoms with Gasteiger partial charge < -0.3 is 10.6 Å². The van der Waals surface area contributed by atoms with Gasteiger partial charge in [0.25, 0.3) is 0 Å². The maximum atomic E-state index is 11.5. The first kappa shape index (κ1) is 14.1. The quantitative estimate of drug-likeness (QED) is 0.693. The van der Waals surface area contributed by atoms with E-state index in [0.717, 1.165) is 24.4 Å². The van der Waals surface area contributed by atoms with Gasteiger partial charge in [-0.15, -0.1) is 11.3 Å². The molecule has 0 aliphatic heterocycles. The molecular weight excluding hydrogens is 234 g/mol. The van der Waals surface area contributed by atoms with E-state index in [2.05, 4.69) is 29.5 Å². The van der Waals surface area contributed by atoms with Crippen LogP contribution in [0.15, 0.2) is 11.6 Å². The van der Waals surface area contributed by atoms with E-state index in [1.165, 1.54) is 0 Å². The monoisotopic (exact) mass is 255 g/mol. The van der Waals surface area contributed by atoms with Gasteiger partial charge in [-0.3, -0.25) is 4.79 Å². The molecule has 0 spiro atoms. The summed E-state index contributed by atoms with van der Waals surface area (Å²) in [6, 6.07) is 0.489. The van der Waals surface area contributed by atoms with E-state index in [4.69, 9.17) is 0 Å². The van der Waals surface area contributed by atoms with Gasteiger partial charge in [-0.1, -0.05) is 13.8 Å². The largest absolute Gasteiger partial charge is 0.356 e. The van der Waals surface area contributed by atoms with Crippen molar-refractivity contribution >= 4 is 17.2 Å². The number of hydrogen-bond donors (Lipinski definition) is 2. The Morgan fingerprint density at radius 1 is 1.47 bits per heavy atom.